The number of hydrogen-bond acceptors (Lipinski definition) is 5. The highest BCUT2D eigenvalue weighted by Crippen LogP contribution is 2.08. The van der Waals surface area contributed by atoms with Crippen LogP contribution in [0.1, 0.15) is 20.8 Å². The van der Waals surface area contributed by atoms with Crippen LogP contribution in [0.15, 0.2) is 0 Å². The fraction of sp³-hybridized carbons (Fsp3) is 1.00. The molecule has 5 heteroatoms. The van der Waals surface area contributed by atoms with Crippen molar-refractivity contribution in [2.75, 3.05) is 53.9 Å². The van der Waals surface area contributed by atoms with E-state index in [1.54, 1.807) is 14.2 Å². The van der Waals surface area contributed by atoms with Gasteiger partial charge in [0.2, 0.25) is 0 Å². The first kappa shape index (κ1) is 17.8. The first-order chi connectivity index (χ1) is 8.49. The Kier molecular flexibility index (Phi) is 10.6. The molecule has 1 atom stereocenters. The minimum atomic E-state index is -0.171. The van der Waals surface area contributed by atoms with Crippen molar-refractivity contribution in [2.24, 2.45) is 0 Å². The summed E-state index contributed by atoms with van der Waals surface area (Å²) in [4.78, 5) is 0. The Morgan fingerprint density at radius 3 is 2.00 bits per heavy atom. The van der Waals surface area contributed by atoms with E-state index in [1.165, 1.54) is 0 Å². The molecule has 110 valence electrons. The summed E-state index contributed by atoms with van der Waals surface area (Å²) < 4.78 is 26.7. The van der Waals surface area contributed by atoms with E-state index < -0.39 is 0 Å². The van der Waals surface area contributed by atoms with Crippen molar-refractivity contribution in [1.82, 2.24) is 0 Å². The average Bonchev–Trinajstić information content (AvgIpc) is 2.29. The van der Waals surface area contributed by atoms with Gasteiger partial charge in [0.15, 0.2) is 0 Å². The zero-order valence-corrected chi connectivity index (χ0v) is 12.4. The molecule has 0 amide bonds. The van der Waals surface area contributed by atoms with Gasteiger partial charge >= 0.3 is 0 Å². The fourth-order valence-electron chi connectivity index (χ4n) is 1.14. The lowest BCUT2D eigenvalue weighted by atomic mass is 10.2. The maximum Gasteiger partial charge on any atom is 0.104 e. The maximum atomic E-state index is 5.70. The van der Waals surface area contributed by atoms with E-state index in [0.717, 1.165) is 0 Å². The number of hydrogen-bond donors (Lipinski definition) is 0. The molecule has 0 spiro atoms. The summed E-state index contributed by atoms with van der Waals surface area (Å²) in [7, 11) is 3.30. The fourth-order valence-corrected chi connectivity index (χ4v) is 1.14. The van der Waals surface area contributed by atoms with Crippen molar-refractivity contribution in [3.8, 4) is 0 Å². The number of methoxy groups -OCH3 is 2. The van der Waals surface area contributed by atoms with E-state index in [1.807, 2.05) is 20.8 Å². The molecule has 0 fully saturated rings. The second-order valence-corrected chi connectivity index (χ2v) is 4.98. The lowest BCUT2D eigenvalue weighted by Gasteiger charge is -2.24. The summed E-state index contributed by atoms with van der Waals surface area (Å²) in [5.74, 6) is 0. The Hall–Kier alpha value is -0.200. The van der Waals surface area contributed by atoms with E-state index in [-0.39, 0.29) is 11.7 Å². The summed E-state index contributed by atoms with van der Waals surface area (Å²) >= 11 is 0. The van der Waals surface area contributed by atoms with Gasteiger partial charge in [-0.05, 0) is 20.8 Å². The molecule has 0 aromatic carbocycles. The lowest BCUT2D eigenvalue weighted by molar-refractivity contribution is -0.105. The van der Waals surface area contributed by atoms with Crippen molar-refractivity contribution in [1.29, 1.82) is 0 Å². The zero-order valence-electron chi connectivity index (χ0n) is 12.4. The van der Waals surface area contributed by atoms with Crippen molar-refractivity contribution in [3.05, 3.63) is 0 Å². The monoisotopic (exact) mass is 264 g/mol. The third-order valence-electron chi connectivity index (χ3n) is 2.08. The van der Waals surface area contributed by atoms with Crippen molar-refractivity contribution >= 4 is 0 Å². The first-order valence-electron chi connectivity index (χ1n) is 6.30. The van der Waals surface area contributed by atoms with Crippen LogP contribution < -0.4 is 0 Å². The van der Waals surface area contributed by atoms with Crippen LogP contribution in [0.25, 0.3) is 0 Å². The van der Waals surface area contributed by atoms with Crippen molar-refractivity contribution in [3.63, 3.8) is 0 Å². The predicted molar refractivity (Wildman–Crippen MR) is 70.0 cm³/mol. The molecule has 18 heavy (non-hydrogen) atoms. The topological polar surface area (TPSA) is 46.2 Å². The molecule has 0 aliphatic carbocycles. The molecule has 0 aliphatic heterocycles. The largest absolute Gasteiger partial charge is 0.382 e. The van der Waals surface area contributed by atoms with Gasteiger partial charge in [-0.3, -0.25) is 0 Å². The van der Waals surface area contributed by atoms with E-state index in [2.05, 4.69) is 0 Å². The SMILES string of the molecule is COCCOCC(COC(C)(C)C)OCCOC. The van der Waals surface area contributed by atoms with Crippen molar-refractivity contribution < 1.29 is 23.7 Å². The standard InChI is InChI=1S/C13H28O5/c1-13(2,3)18-11-12(17-9-7-15-5)10-16-8-6-14-4/h12H,6-11H2,1-5H3. The summed E-state index contributed by atoms with van der Waals surface area (Å²) in [6.45, 7) is 9.35. The van der Waals surface area contributed by atoms with Gasteiger partial charge in [-0.2, -0.15) is 0 Å². The quantitative estimate of drug-likeness (QED) is 0.529. The van der Waals surface area contributed by atoms with Crippen LogP contribution in [0.4, 0.5) is 0 Å². The second kappa shape index (κ2) is 10.7. The highest BCUT2D eigenvalue weighted by Gasteiger charge is 2.16. The molecule has 5 nitrogen and oxygen atoms in total. The van der Waals surface area contributed by atoms with Gasteiger partial charge in [0.05, 0.1) is 45.2 Å². The van der Waals surface area contributed by atoms with E-state index in [0.29, 0.717) is 39.6 Å². The maximum absolute atomic E-state index is 5.70. The van der Waals surface area contributed by atoms with Gasteiger partial charge in [-0.25, -0.2) is 0 Å². The summed E-state index contributed by atoms with van der Waals surface area (Å²) in [6, 6.07) is 0. The predicted octanol–water partition coefficient (Wildman–Crippen LogP) is 1.50. The third kappa shape index (κ3) is 12.3. The molecule has 0 aromatic heterocycles. The van der Waals surface area contributed by atoms with Gasteiger partial charge < -0.3 is 23.7 Å². The second-order valence-electron chi connectivity index (χ2n) is 4.98. The Labute approximate surface area is 111 Å². The first-order valence-corrected chi connectivity index (χ1v) is 6.30. The Morgan fingerprint density at radius 2 is 1.44 bits per heavy atom. The van der Waals surface area contributed by atoms with Gasteiger partial charge in [0.25, 0.3) is 0 Å². The van der Waals surface area contributed by atoms with Crippen LogP contribution in [0.2, 0.25) is 0 Å². The lowest BCUT2D eigenvalue weighted by Crippen LogP contribution is -2.32. The minimum absolute atomic E-state index is 0.0729. The van der Waals surface area contributed by atoms with Crippen molar-refractivity contribution in [2.45, 2.75) is 32.5 Å². The van der Waals surface area contributed by atoms with Gasteiger partial charge in [-0.15, -0.1) is 0 Å². The molecule has 0 bridgehead atoms. The molecule has 0 saturated heterocycles. The molecular weight excluding hydrogens is 236 g/mol. The highest BCUT2D eigenvalue weighted by molar-refractivity contribution is 4.63. The van der Waals surface area contributed by atoms with E-state index in [9.17, 15) is 0 Å². The van der Waals surface area contributed by atoms with Crippen LogP contribution in [-0.2, 0) is 23.7 Å². The molecule has 0 rings (SSSR count). The van der Waals surface area contributed by atoms with Crippen LogP contribution in [-0.4, -0.2) is 65.6 Å². The molecule has 0 aliphatic rings. The molecule has 0 aromatic rings. The van der Waals surface area contributed by atoms with Gasteiger partial charge in [-0.1, -0.05) is 0 Å². The molecule has 0 radical (unpaired) electrons. The van der Waals surface area contributed by atoms with Crippen LogP contribution in [0.5, 0.6) is 0 Å². The Bertz CT molecular complexity index is 179. The average molecular weight is 264 g/mol. The number of rotatable bonds is 11. The van der Waals surface area contributed by atoms with Crippen LogP contribution in [0, 0.1) is 0 Å². The van der Waals surface area contributed by atoms with E-state index >= 15 is 0 Å². The number of ether oxygens (including phenoxy) is 5. The summed E-state index contributed by atoms with van der Waals surface area (Å²) in [5.41, 5.74) is -0.171. The Morgan fingerprint density at radius 1 is 0.833 bits per heavy atom. The van der Waals surface area contributed by atoms with Gasteiger partial charge in [0.1, 0.15) is 6.10 Å². The third-order valence-corrected chi connectivity index (χ3v) is 2.08. The smallest absolute Gasteiger partial charge is 0.104 e. The Balaban J connectivity index is 3.84. The summed E-state index contributed by atoms with van der Waals surface area (Å²) in [6.07, 6.45) is -0.0729. The molecule has 1 unspecified atom stereocenters. The van der Waals surface area contributed by atoms with E-state index in [4.69, 9.17) is 23.7 Å². The molecule has 0 heterocycles. The van der Waals surface area contributed by atoms with Crippen LogP contribution in [0.3, 0.4) is 0 Å². The van der Waals surface area contributed by atoms with Crippen LogP contribution >= 0.6 is 0 Å². The van der Waals surface area contributed by atoms with Gasteiger partial charge in [0, 0.05) is 14.2 Å². The highest BCUT2D eigenvalue weighted by atomic mass is 16.6. The normalized spacial score (nSPS) is 13.8. The minimum Gasteiger partial charge on any atom is -0.382 e. The summed E-state index contributed by atoms with van der Waals surface area (Å²) in [5, 5.41) is 0. The zero-order chi connectivity index (χ0) is 13.9. The molecule has 0 saturated carbocycles. The molecular formula is C13H28O5. The molecule has 0 N–H and O–H groups in total.